The molecule has 8 heteroatoms. The number of unbranched alkanes of at least 4 members (excludes halogenated alkanes) is 5. The number of rotatable bonds is 12. The molecule has 0 amide bonds. The lowest BCUT2D eigenvalue weighted by atomic mass is 10.1. The fourth-order valence-electron chi connectivity index (χ4n) is 3.02. The van der Waals surface area contributed by atoms with E-state index in [1.165, 1.54) is 18.9 Å². The summed E-state index contributed by atoms with van der Waals surface area (Å²) in [5.74, 6) is 0.514. The zero-order valence-corrected chi connectivity index (χ0v) is 19.5. The smallest absolute Gasteiger partial charge is 0.170 e. The van der Waals surface area contributed by atoms with Crippen LogP contribution < -0.4 is 26.4 Å². The molecule has 0 saturated carbocycles. The summed E-state index contributed by atoms with van der Waals surface area (Å²) in [5, 5.41) is 9.63. The second-order valence-corrected chi connectivity index (χ2v) is 8.20. The lowest BCUT2D eigenvalue weighted by molar-refractivity contribution is 0.304. The molecule has 0 heterocycles. The van der Waals surface area contributed by atoms with Gasteiger partial charge in [0.15, 0.2) is 10.2 Å². The third-order valence-electron chi connectivity index (χ3n) is 4.60. The summed E-state index contributed by atoms with van der Waals surface area (Å²) in [6.45, 7) is 3.32. The molecule has 0 aliphatic carbocycles. The van der Waals surface area contributed by atoms with E-state index in [0.717, 1.165) is 49.2 Å². The standard InChI is InChI=1S/C23H31FN4OS2/c1-17-11-12-21(20(24)15-17)28-23(31)26-13-6-4-2-3-5-7-14-29-19-10-8-9-18(16-19)27-22(25)30/h8-12,15-16H,2-7,13-14H2,1H3,(H3,25,27,30)(H2,26,28,31). The van der Waals surface area contributed by atoms with E-state index in [9.17, 15) is 4.39 Å². The summed E-state index contributed by atoms with van der Waals surface area (Å²) in [4.78, 5) is 0. The Balaban J connectivity index is 1.47. The van der Waals surface area contributed by atoms with E-state index >= 15 is 0 Å². The Morgan fingerprint density at radius 1 is 0.968 bits per heavy atom. The van der Waals surface area contributed by atoms with Crippen molar-refractivity contribution in [3.05, 3.63) is 53.8 Å². The summed E-state index contributed by atoms with van der Waals surface area (Å²) in [6.07, 6.45) is 6.64. The molecule has 0 aliphatic rings. The minimum Gasteiger partial charge on any atom is -0.494 e. The van der Waals surface area contributed by atoms with Gasteiger partial charge >= 0.3 is 0 Å². The molecule has 0 unspecified atom stereocenters. The Bertz CT molecular complexity index is 863. The number of nitrogens with one attached hydrogen (secondary N) is 3. The lowest BCUT2D eigenvalue weighted by Crippen LogP contribution is -2.29. The predicted octanol–water partition coefficient (Wildman–Crippen LogP) is 5.50. The van der Waals surface area contributed by atoms with Crippen LogP contribution in [0.1, 0.15) is 44.1 Å². The topological polar surface area (TPSA) is 71.3 Å². The fourth-order valence-corrected chi connectivity index (χ4v) is 3.35. The molecule has 2 aromatic rings. The number of halogens is 1. The zero-order valence-electron chi connectivity index (χ0n) is 17.9. The van der Waals surface area contributed by atoms with Gasteiger partial charge in [-0.3, -0.25) is 0 Å². The Kier molecular flexibility index (Phi) is 11.0. The maximum atomic E-state index is 13.8. The Labute approximate surface area is 194 Å². The molecule has 0 saturated heterocycles. The molecule has 0 radical (unpaired) electrons. The van der Waals surface area contributed by atoms with Crippen LogP contribution in [0.15, 0.2) is 42.5 Å². The third kappa shape index (κ3) is 10.4. The maximum Gasteiger partial charge on any atom is 0.170 e. The number of hydrogen-bond acceptors (Lipinski definition) is 3. The van der Waals surface area contributed by atoms with E-state index in [1.54, 1.807) is 6.07 Å². The normalized spacial score (nSPS) is 10.4. The van der Waals surface area contributed by atoms with Crippen LogP contribution in [0, 0.1) is 12.7 Å². The van der Waals surface area contributed by atoms with Crippen molar-refractivity contribution in [2.75, 3.05) is 23.8 Å². The van der Waals surface area contributed by atoms with Gasteiger partial charge in [0.2, 0.25) is 0 Å². The van der Waals surface area contributed by atoms with Gasteiger partial charge in [-0.05, 0) is 74.0 Å². The number of ether oxygens (including phenoxy) is 1. The second kappa shape index (κ2) is 13.8. The largest absolute Gasteiger partial charge is 0.494 e. The van der Waals surface area contributed by atoms with Crippen LogP contribution in [0.2, 0.25) is 0 Å². The van der Waals surface area contributed by atoms with E-state index in [2.05, 4.69) is 16.0 Å². The molecule has 0 spiro atoms. The number of thiocarbonyl (C=S) groups is 2. The highest BCUT2D eigenvalue weighted by molar-refractivity contribution is 7.80. The van der Waals surface area contributed by atoms with Gasteiger partial charge < -0.3 is 26.4 Å². The molecular weight excluding hydrogens is 431 g/mol. The average molecular weight is 463 g/mol. The molecule has 5 nitrogen and oxygen atoms in total. The van der Waals surface area contributed by atoms with Crippen LogP contribution in [-0.4, -0.2) is 23.4 Å². The summed E-state index contributed by atoms with van der Waals surface area (Å²) < 4.78 is 19.6. The van der Waals surface area contributed by atoms with E-state index in [-0.39, 0.29) is 10.9 Å². The average Bonchev–Trinajstić information content (AvgIpc) is 2.71. The molecule has 2 rings (SSSR count). The van der Waals surface area contributed by atoms with Crippen molar-refractivity contribution < 1.29 is 9.13 Å². The monoisotopic (exact) mass is 462 g/mol. The zero-order chi connectivity index (χ0) is 22.5. The molecule has 0 fully saturated rings. The van der Waals surface area contributed by atoms with Crippen molar-refractivity contribution in [3.8, 4) is 5.75 Å². The predicted molar refractivity (Wildman–Crippen MR) is 135 cm³/mol. The second-order valence-electron chi connectivity index (χ2n) is 7.35. The van der Waals surface area contributed by atoms with Crippen molar-refractivity contribution in [2.24, 2.45) is 5.73 Å². The van der Waals surface area contributed by atoms with Crippen LogP contribution in [0.5, 0.6) is 5.75 Å². The van der Waals surface area contributed by atoms with Gasteiger partial charge in [-0.15, -0.1) is 0 Å². The molecule has 168 valence electrons. The Morgan fingerprint density at radius 2 is 1.71 bits per heavy atom. The first kappa shape index (κ1) is 24.8. The maximum absolute atomic E-state index is 13.8. The van der Waals surface area contributed by atoms with Gasteiger partial charge in [-0.2, -0.15) is 0 Å². The molecule has 0 atom stereocenters. The molecule has 31 heavy (non-hydrogen) atoms. The van der Waals surface area contributed by atoms with E-state index in [1.807, 2.05) is 37.3 Å². The quantitative estimate of drug-likeness (QED) is 0.245. The number of benzene rings is 2. The highest BCUT2D eigenvalue weighted by atomic mass is 32.1. The van der Waals surface area contributed by atoms with Crippen LogP contribution in [0.25, 0.3) is 0 Å². The van der Waals surface area contributed by atoms with Crippen LogP contribution >= 0.6 is 24.4 Å². The molecule has 2 aromatic carbocycles. The minimum absolute atomic E-state index is 0.241. The SMILES string of the molecule is Cc1ccc(NC(=S)NCCCCCCCCOc2cccc(NC(N)=S)c2)c(F)c1. The Hall–Kier alpha value is -2.45. The summed E-state index contributed by atoms with van der Waals surface area (Å²) in [7, 11) is 0. The Morgan fingerprint density at radius 3 is 2.45 bits per heavy atom. The summed E-state index contributed by atoms with van der Waals surface area (Å²) in [6, 6.07) is 12.6. The molecule has 0 aliphatic heterocycles. The van der Waals surface area contributed by atoms with Gasteiger partial charge in [0.1, 0.15) is 11.6 Å². The van der Waals surface area contributed by atoms with Crippen molar-refractivity contribution in [1.29, 1.82) is 0 Å². The summed E-state index contributed by atoms with van der Waals surface area (Å²) >= 11 is 10.1. The number of aryl methyl sites for hydroxylation is 1. The van der Waals surface area contributed by atoms with Gasteiger partial charge in [-0.25, -0.2) is 4.39 Å². The van der Waals surface area contributed by atoms with Crippen molar-refractivity contribution in [2.45, 2.75) is 45.4 Å². The minimum atomic E-state index is -0.294. The number of nitrogens with two attached hydrogens (primary N) is 1. The van der Waals surface area contributed by atoms with Gasteiger partial charge in [0.05, 0.1) is 12.3 Å². The first-order valence-corrected chi connectivity index (χ1v) is 11.4. The third-order valence-corrected chi connectivity index (χ3v) is 4.95. The number of hydrogen-bond donors (Lipinski definition) is 4. The van der Waals surface area contributed by atoms with Crippen LogP contribution in [0.3, 0.4) is 0 Å². The van der Waals surface area contributed by atoms with Crippen molar-refractivity contribution in [3.63, 3.8) is 0 Å². The molecular formula is C23H31FN4OS2. The fraction of sp³-hybridized carbons (Fsp3) is 0.391. The van der Waals surface area contributed by atoms with Crippen LogP contribution in [0.4, 0.5) is 15.8 Å². The van der Waals surface area contributed by atoms with E-state index in [4.69, 9.17) is 34.9 Å². The van der Waals surface area contributed by atoms with E-state index in [0.29, 0.717) is 17.4 Å². The first-order chi connectivity index (χ1) is 14.9. The van der Waals surface area contributed by atoms with Gasteiger partial charge in [-0.1, -0.05) is 37.8 Å². The summed E-state index contributed by atoms with van der Waals surface area (Å²) in [5.41, 5.74) is 7.59. The highest BCUT2D eigenvalue weighted by Gasteiger charge is 2.04. The first-order valence-electron chi connectivity index (χ1n) is 10.5. The van der Waals surface area contributed by atoms with Gasteiger partial charge in [0, 0.05) is 18.3 Å². The van der Waals surface area contributed by atoms with Crippen molar-refractivity contribution in [1.82, 2.24) is 5.32 Å². The molecule has 5 N–H and O–H groups in total. The van der Waals surface area contributed by atoms with Gasteiger partial charge in [0.25, 0.3) is 0 Å². The van der Waals surface area contributed by atoms with E-state index < -0.39 is 0 Å². The molecule has 0 bridgehead atoms. The van der Waals surface area contributed by atoms with Crippen LogP contribution in [-0.2, 0) is 0 Å². The number of anilines is 2. The van der Waals surface area contributed by atoms with Crippen molar-refractivity contribution >= 4 is 46.0 Å². The molecule has 0 aromatic heterocycles. The highest BCUT2D eigenvalue weighted by Crippen LogP contribution is 2.18. The lowest BCUT2D eigenvalue weighted by Gasteiger charge is -2.11.